The molecule has 6 heteroatoms. The number of amides is 1. The molecule has 0 saturated carbocycles. The molecule has 0 aliphatic carbocycles. The van der Waals surface area contributed by atoms with E-state index in [1.54, 1.807) is 18.6 Å². The van der Waals surface area contributed by atoms with Crippen molar-refractivity contribution in [2.45, 2.75) is 58.7 Å². The average molecular weight is 335 g/mol. The van der Waals surface area contributed by atoms with E-state index in [9.17, 15) is 4.79 Å². The van der Waals surface area contributed by atoms with Gasteiger partial charge in [-0.15, -0.1) is 0 Å². The third-order valence-electron chi connectivity index (χ3n) is 3.94. The molecule has 1 saturated heterocycles. The lowest BCUT2D eigenvalue weighted by atomic mass is 9.94. The van der Waals surface area contributed by atoms with E-state index < -0.39 is 5.60 Å². The molecule has 2 rings (SSSR count). The van der Waals surface area contributed by atoms with Crippen molar-refractivity contribution < 1.29 is 14.3 Å². The van der Waals surface area contributed by atoms with Crippen molar-refractivity contribution in [1.82, 2.24) is 14.9 Å². The largest absolute Gasteiger partial charge is 0.444 e. The predicted molar refractivity (Wildman–Crippen MR) is 91.5 cm³/mol. The van der Waals surface area contributed by atoms with E-state index in [0.717, 1.165) is 38.0 Å². The number of likely N-dealkylation sites (tertiary alicyclic amines) is 1. The SMILES string of the molecule is CC(C)(C)OC(=O)N1CCC[C@@H](CCCOCc2cnccn2)C1. The summed E-state index contributed by atoms with van der Waals surface area (Å²) in [7, 11) is 0. The molecule has 0 N–H and O–H groups in total. The summed E-state index contributed by atoms with van der Waals surface area (Å²) >= 11 is 0. The minimum absolute atomic E-state index is 0.189. The summed E-state index contributed by atoms with van der Waals surface area (Å²) in [6.07, 6.45) is 9.14. The first-order valence-electron chi connectivity index (χ1n) is 8.74. The molecule has 2 heterocycles. The van der Waals surface area contributed by atoms with Gasteiger partial charge in [-0.2, -0.15) is 0 Å². The molecule has 0 aromatic carbocycles. The Bertz CT molecular complexity index is 502. The van der Waals surface area contributed by atoms with E-state index in [-0.39, 0.29) is 6.09 Å². The van der Waals surface area contributed by atoms with Gasteiger partial charge in [-0.05, 0) is 52.4 Å². The lowest BCUT2D eigenvalue weighted by molar-refractivity contribution is 0.0155. The number of rotatable bonds is 6. The summed E-state index contributed by atoms with van der Waals surface area (Å²) < 4.78 is 11.1. The summed E-state index contributed by atoms with van der Waals surface area (Å²) in [5.41, 5.74) is 0.421. The van der Waals surface area contributed by atoms with Gasteiger partial charge >= 0.3 is 6.09 Å². The van der Waals surface area contributed by atoms with Crippen LogP contribution in [0.2, 0.25) is 0 Å². The molecule has 0 unspecified atom stereocenters. The second-order valence-corrected chi connectivity index (χ2v) is 7.33. The first-order chi connectivity index (χ1) is 11.4. The first kappa shape index (κ1) is 18.6. The zero-order chi connectivity index (χ0) is 17.4. The number of hydrogen-bond donors (Lipinski definition) is 0. The van der Waals surface area contributed by atoms with Crippen molar-refractivity contribution in [3.8, 4) is 0 Å². The molecular weight excluding hydrogens is 306 g/mol. The van der Waals surface area contributed by atoms with Crippen molar-refractivity contribution in [3.63, 3.8) is 0 Å². The van der Waals surface area contributed by atoms with Gasteiger partial charge in [-0.1, -0.05) is 0 Å². The Morgan fingerprint density at radius 1 is 1.38 bits per heavy atom. The maximum Gasteiger partial charge on any atom is 0.410 e. The van der Waals surface area contributed by atoms with Crippen LogP contribution in [0.25, 0.3) is 0 Å². The maximum atomic E-state index is 12.2. The molecular formula is C18H29N3O3. The summed E-state index contributed by atoms with van der Waals surface area (Å²) in [5, 5.41) is 0. The molecule has 24 heavy (non-hydrogen) atoms. The van der Waals surface area contributed by atoms with Crippen LogP contribution in [-0.2, 0) is 16.1 Å². The highest BCUT2D eigenvalue weighted by atomic mass is 16.6. The minimum Gasteiger partial charge on any atom is -0.444 e. The van der Waals surface area contributed by atoms with Crippen molar-refractivity contribution in [1.29, 1.82) is 0 Å². The summed E-state index contributed by atoms with van der Waals surface area (Å²) in [6.45, 7) is 8.51. The van der Waals surface area contributed by atoms with Gasteiger partial charge in [-0.3, -0.25) is 9.97 Å². The Morgan fingerprint density at radius 2 is 2.21 bits per heavy atom. The lowest BCUT2D eigenvalue weighted by Crippen LogP contribution is -2.42. The predicted octanol–water partition coefficient (Wildman–Crippen LogP) is 3.42. The Morgan fingerprint density at radius 3 is 2.92 bits per heavy atom. The standard InChI is InChI=1S/C18H29N3O3/c1-18(2,3)24-17(22)21-10-4-6-15(13-21)7-5-11-23-14-16-12-19-8-9-20-16/h8-9,12,15H,4-7,10-11,13-14H2,1-3H3/t15-/m0/s1. The minimum atomic E-state index is -0.432. The van der Waals surface area contributed by atoms with Gasteiger partial charge < -0.3 is 14.4 Å². The van der Waals surface area contributed by atoms with Crippen LogP contribution >= 0.6 is 0 Å². The van der Waals surface area contributed by atoms with Crippen molar-refractivity contribution in [3.05, 3.63) is 24.3 Å². The van der Waals surface area contributed by atoms with Crippen LogP contribution in [0.5, 0.6) is 0 Å². The summed E-state index contributed by atoms with van der Waals surface area (Å²) in [6, 6.07) is 0. The fourth-order valence-corrected chi connectivity index (χ4v) is 2.85. The molecule has 1 aliphatic rings. The third-order valence-corrected chi connectivity index (χ3v) is 3.94. The van der Waals surface area contributed by atoms with Crippen LogP contribution in [0.4, 0.5) is 4.79 Å². The fourth-order valence-electron chi connectivity index (χ4n) is 2.85. The third kappa shape index (κ3) is 6.83. The molecule has 0 spiro atoms. The number of ether oxygens (including phenoxy) is 2. The molecule has 1 fully saturated rings. The van der Waals surface area contributed by atoms with Crippen molar-refractivity contribution in [2.24, 2.45) is 5.92 Å². The molecule has 1 aromatic heterocycles. The second-order valence-electron chi connectivity index (χ2n) is 7.33. The van der Waals surface area contributed by atoms with Gasteiger partial charge in [0, 0.05) is 32.1 Å². The normalized spacial score (nSPS) is 18.5. The van der Waals surface area contributed by atoms with Gasteiger partial charge in [0.25, 0.3) is 0 Å². The molecule has 6 nitrogen and oxygen atoms in total. The van der Waals surface area contributed by atoms with Crippen LogP contribution in [0.15, 0.2) is 18.6 Å². The van der Waals surface area contributed by atoms with E-state index >= 15 is 0 Å². The van der Waals surface area contributed by atoms with Crippen LogP contribution in [-0.4, -0.2) is 46.3 Å². The quantitative estimate of drug-likeness (QED) is 0.745. The Labute approximate surface area is 144 Å². The van der Waals surface area contributed by atoms with Gasteiger partial charge in [0.1, 0.15) is 5.60 Å². The highest BCUT2D eigenvalue weighted by molar-refractivity contribution is 5.68. The zero-order valence-electron chi connectivity index (χ0n) is 15.0. The van der Waals surface area contributed by atoms with E-state index in [2.05, 4.69) is 9.97 Å². The van der Waals surface area contributed by atoms with Gasteiger partial charge in [0.2, 0.25) is 0 Å². The molecule has 134 valence electrons. The highest BCUT2D eigenvalue weighted by Crippen LogP contribution is 2.22. The lowest BCUT2D eigenvalue weighted by Gasteiger charge is -2.34. The number of aromatic nitrogens is 2. The van der Waals surface area contributed by atoms with Crippen molar-refractivity contribution >= 4 is 6.09 Å². The highest BCUT2D eigenvalue weighted by Gasteiger charge is 2.27. The summed E-state index contributed by atoms with van der Waals surface area (Å²) in [5.74, 6) is 0.534. The van der Waals surface area contributed by atoms with Crippen LogP contribution in [0.1, 0.15) is 52.1 Å². The Balaban J connectivity index is 1.63. The molecule has 1 amide bonds. The molecule has 0 bridgehead atoms. The van der Waals surface area contributed by atoms with E-state index in [0.29, 0.717) is 19.1 Å². The van der Waals surface area contributed by atoms with E-state index in [1.165, 1.54) is 6.42 Å². The zero-order valence-corrected chi connectivity index (χ0v) is 15.0. The number of hydrogen-bond acceptors (Lipinski definition) is 5. The van der Waals surface area contributed by atoms with E-state index in [4.69, 9.17) is 9.47 Å². The number of carbonyl (C=O) groups excluding carboxylic acids is 1. The van der Waals surface area contributed by atoms with Crippen LogP contribution < -0.4 is 0 Å². The van der Waals surface area contributed by atoms with Crippen LogP contribution in [0.3, 0.4) is 0 Å². The second kappa shape index (κ2) is 8.97. The van der Waals surface area contributed by atoms with Gasteiger partial charge in [0.15, 0.2) is 0 Å². The average Bonchev–Trinajstić information content (AvgIpc) is 2.54. The van der Waals surface area contributed by atoms with E-state index in [1.807, 2.05) is 25.7 Å². The Kier molecular flexibility index (Phi) is 6.97. The van der Waals surface area contributed by atoms with Gasteiger partial charge in [-0.25, -0.2) is 4.79 Å². The first-order valence-corrected chi connectivity index (χ1v) is 8.74. The molecule has 1 aliphatic heterocycles. The molecule has 1 atom stereocenters. The number of piperidine rings is 1. The van der Waals surface area contributed by atoms with Gasteiger partial charge in [0.05, 0.1) is 18.5 Å². The fraction of sp³-hybridized carbons (Fsp3) is 0.722. The topological polar surface area (TPSA) is 64.5 Å². The molecule has 1 aromatic rings. The monoisotopic (exact) mass is 335 g/mol. The van der Waals surface area contributed by atoms with Crippen molar-refractivity contribution in [2.75, 3.05) is 19.7 Å². The molecule has 0 radical (unpaired) electrons. The number of nitrogens with zero attached hydrogens (tertiary/aromatic N) is 3. The number of carbonyl (C=O) groups is 1. The Hall–Kier alpha value is -1.69. The summed E-state index contributed by atoms with van der Waals surface area (Å²) in [4.78, 5) is 22.2. The smallest absolute Gasteiger partial charge is 0.410 e. The van der Waals surface area contributed by atoms with Crippen LogP contribution in [0, 0.1) is 5.92 Å². The maximum absolute atomic E-state index is 12.2.